The van der Waals surface area contributed by atoms with E-state index < -0.39 is 0 Å². The van der Waals surface area contributed by atoms with Crippen LogP contribution in [0, 0.1) is 46.3 Å². The van der Waals surface area contributed by atoms with Gasteiger partial charge in [-0.15, -0.1) is 0 Å². The molecule has 11 atom stereocenters. The number of hydrogen-bond donors (Lipinski definition) is 3. The number of rotatable bonds is 19. The van der Waals surface area contributed by atoms with Crippen LogP contribution < -0.4 is 17.2 Å². The van der Waals surface area contributed by atoms with Gasteiger partial charge in [-0.1, -0.05) is 51.1 Å². The first-order valence-corrected chi connectivity index (χ1v) is 21.4. The molecular weight excluding hydrogens is 681 g/mol. The lowest BCUT2D eigenvalue weighted by atomic mass is 9.43. The molecule has 0 radical (unpaired) electrons. The van der Waals surface area contributed by atoms with E-state index in [4.69, 9.17) is 31.4 Å². The first-order chi connectivity index (χ1) is 25.9. The summed E-state index contributed by atoms with van der Waals surface area (Å²) < 4.78 is 19.2. The Balaban J connectivity index is 1.40. The molecule has 1 aromatic carbocycles. The smallest absolute Gasteiger partial charge is 0.306 e. The average Bonchev–Trinajstić information content (AvgIpc) is 3.51. The van der Waals surface area contributed by atoms with Gasteiger partial charge in [0.05, 0.1) is 0 Å². The van der Waals surface area contributed by atoms with E-state index in [-0.39, 0.29) is 70.7 Å². The molecule has 4 fully saturated rings. The summed E-state index contributed by atoms with van der Waals surface area (Å²) in [7, 11) is 2.20. The van der Waals surface area contributed by atoms with Gasteiger partial charge in [0.2, 0.25) is 0 Å². The monoisotopic (exact) mass is 753 g/mol. The fourth-order valence-electron chi connectivity index (χ4n) is 11.8. The van der Waals surface area contributed by atoms with Crippen molar-refractivity contribution in [2.75, 3.05) is 33.2 Å². The van der Waals surface area contributed by atoms with Gasteiger partial charge in [0, 0.05) is 37.1 Å². The van der Waals surface area contributed by atoms with Gasteiger partial charge in [0.1, 0.15) is 18.3 Å². The Morgan fingerprint density at radius 1 is 0.796 bits per heavy atom. The fraction of sp³-hybridized carbons (Fsp3) is 0.795. The van der Waals surface area contributed by atoms with Gasteiger partial charge in [0.15, 0.2) is 0 Å². The minimum Gasteiger partial charge on any atom is -0.462 e. The lowest BCUT2D eigenvalue weighted by Gasteiger charge is -2.64. The van der Waals surface area contributed by atoms with Crippen LogP contribution in [0.1, 0.15) is 123 Å². The molecule has 10 heteroatoms. The van der Waals surface area contributed by atoms with E-state index in [1.54, 1.807) is 0 Å². The summed E-state index contributed by atoms with van der Waals surface area (Å²) in [5, 5.41) is 0. The number of esters is 3. The Kier molecular flexibility index (Phi) is 15.4. The maximum Gasteiger partial charge on any atom is 0.306 e. The van der Waals surface area contributed by atoms with E-state index in [2.05, 4.69) is 63.1 Å². The lowest BCUT2D eigenvalue weighted by Crippen LogP contribution is -2.63. The van der Waals surface area contributed by atoms with E-state index in [0.717, 1.165) is 70.9 Å². The van der Waals surface area contributed by atoms with Crippen LogP contribution in [0.2, 0.25) is 0 Å². The van der Waals surface area contributed by atoms with Crippen LogP contribution in [0.3, 0.4) is 0 Å². The molecule has 0 aromatic heterocycles. The molecule has 4 saturated carbocycles. The SMILES string of the molecule is CC(CCCN(C)Cc1ccccc1)C1CC[C@H]2C3[C@H](OC(=O)CCCN)CC4C[C@H](OC(=O)CCCN)CCC4(C)[C@H]3C[C@H](OC(=O)CCCN)C12C. The molecule has 0 spiro atoms. The van der Waals surface area contributed by atoms with Crippen molar-refractivity contribution in [1.82, 2.24) is 4.90 Å². The Hall–Kier alpha value is -2.53. The summed E-state index contributed by atoms with van der Waals surface area (Å²) in [6, 6.07) is 10.6. The number of ether oxygens (including phenoxy) is 3. The molecular formula is C44H72N4O6. The van der Waals surface area contributed by atoms with Gasteiger partial charge in [0.25, 0.3) is 0 Å². The highest BCUT2D eigenvalue weighted by Gasteiger charge is 2.67. The summed E-state index contributed by atoms with van der Waals surface area (Å²) >= 11 is 0. The second-order valence-corrected chi connectivity index (χ2v) is 17.9. The molecule has 4 aliphatic rings. The fourth-order valence-corrected chi connectivity index (χ4v) is 11.8. The molecule has 0 aliphatic heterocycles. The molecule has 0 bridgehead atoms. The Morgan fingerprint density at radius 3 is 2.07 bits per heavy atom. The van der Waals surface area contributed by atoms with E-state index in [9.17, 15) is 14.4 Å². The topological polar surface area (TPSA) is 160 Å². The number of benzene rings is 1. The minimum atomic E-state index is -0.240. The molecule has 0 saturated heterocycles. The van der Waals surface area contributed by atoms with Crippen molar-refractivity contribution in [2.45, 2.75) is 142 Å². The molecule has 4 aliphatic carbocycles. The number of fused-ring (bicyclic) bond motifs is 5. The van der Waals surface area contributed by atoms with E-state index in [1.807, 2.05) is 0 Å². The molecule has 10 nitrogen and oxygen atoms in total. The molecule has 5 rings (SSSR count). The predicted molar refractivity (Wildman–Crippen MR) is 212 cm³/mol. The molecule has 54 heavy (non-hydrogen) atoms. The third-order valence-electron chi connectivity index (χ3n) is 14.5. The normalized spacial score (nSPS) is 33.6. The third-order valence-corrected chi connectivity index (χ3v) is 14.5. The molecule has 0 heterocycles. The predicted octanol–water partition coefficient (Wildman–Crippen LogP) is 6.37. The molecule has 0 amide bonds. The van der Waals surface area contributed by atoms with Gasteiger partial charge >= 0.3 is 17.9 Å². The van der Waals surface area contributed by atoms with Gasteiger partial charge in [-0.05, 0) is 151 Å². The summed E-state index contributed by atoms with van der Waals surface area (Å²) in [5.41, 5.74) is 18.3. The standard InChI is InChI=1S/C44H72N4O6/c1-30(12-11-25-48(4)29-31-13-6-5-7-14-31)34-18-19-35-42-36(28-38(44(34,35)3)54-41(51)17-10-24-47)43(2)21-20-33(52-39(49)15-8-22-45)26-32(43)27-37(42)53-40(50)16-9-23-46/h5-7,13-14,30,32-38,42H,8-12,15-29,45-47H2,1-4H3/t30?,32?,33-,34?,35+,36+,37-,38+,42?,43?,44?/m1/s1. The second kappa shape index (κ2) is 19.6. The first-order valence-electron chi connectivity index (χ1n) is 21.4. The third kappa shape index (κ3) is 9.88. The van der Waals surface area contributed by atoms with E-state index in [0.29, 0.717) is 70.0 Å². The van der Waals surface area contributed by atoms with Crippen molar-refractivity contribution in [3.8, 4) is 0 Å². The zero-order chi connectivity index (χ0) is 38.9. The Morgan fingerprint density at radius 2 is 1.43 bits per heavy atom. The van der Waals surface area contributed by atoms with Gasteiger partial charge in [-0.3, -0.25) is 14.4 Å². The summed E-state index contributed by atoms with van der Waals surface area (Å²) in [6.45, 7) is 10.6. The number of carbonyl (C=O) groups is 3. The van der Waals surface area contributed by atoms with Crippen molar-refractivity contribution >= 4 is 17.9 Å². The molecule has 6 unspecified atom stereocenters. The van der Waals surface area contributed by atoms with Crippen LogP contribution in [-0.2, 0) is 35.1 Å². The maximum atomic E-state index is 13.5. The number of hydrogen-bond acceptors (Lipinski definition) is 10. The van der Waals surface area contributed by atoms with Crippen molar-refractivity contribution < 1.29 is 28.6 Å². The Bertz CT molecular complexity index is 1360. The molecule has 6 N–H and O–H groups in total. The summed E-state index contributed by atoms with van der Waals surface area (Å²) in [6.07, 6.45) is 10.6. The van der Waals surface area contributed by atoms with Crippen LogP contribution in [0.25, 0.3) is 0 Å². The van der Waals surface area contributed by atoms with Crippen molar-refractivity contribution in [1.29, 1.82) is 0 Å². The highest BCUT2D eigenvalue weighted by atomic mass is 16.6. The maximum absolute atomic E-state index is 13.5. The van der Waals surface area contributed by atoms with E-state index >= 15 is 0 Å². The van der Waals surface area contributed by atoms with Crippen molar-refractivity contribution in [3.05, 3.63) is 35.9 Å². The zero-order valence-corrected chi connectivity index (χ0v) is 33.9. The summed E-state index contributed by atoms with van der Waals surface area (Å²) in [4.78, 5) is 42.0. The largest absolute Gasteiger partial charge is 0.462 e. The second-order valence-electron chi connectivity index (χ2n) is 17.9. The quantitative estimate of drug-likeness (QED) is 0.107. The van der Waals surface area contributed by atoms with Gasteiger partial charge < -0.3 is 36.3 Å². The number of carbonyl (C=O) groups excluding carboxylic acids is 3. The van der Waals surface area contributed by atoms with E-state index in [1.165, 1.54) is 5.56 Å². The molecule has 304 valence electrons. The number of nitrogens with two attached hydrogens (primary N) is 3. The van der Waals surface area contributed by atoms with Crippen LogP contribution in [0.15, 0.2) is 30.3 Å². The van der Waals surface area contributed by atoms with Gasteiger partial charge in [-0.2, -0.15) is 0 Å². The highest BCUT2D eigenvalue weighted by Crippen LogP contribution is 2.69. The zero-order valence-electron chi connectivity index (χ0n) is 33.9. The van der Waals surface area contributed by atoms with Crippen molar-refractivity contribution in [2.24, 2.45) is 63.5 Å². The van der Waals surface area contributed by atoms with Crippen molar-refractivity contribution in [3.63, 3.8) is 0 Å². The molecule has 1 aromatic rings. The van der Waals surface area contributed by atoms with Crippen LogP contribution in [0.4, 0.5) is 0 Å². The first kappa shape index (κ1) is 42.6. The summed E-state index contributed by atoms with van der Waals surface area (Å²) in [5.74, 6) is 1.19. The number of nitrogens with zero attached hydrogens (tertiary/aromatic N) is 1. The lowest BCUT2D eigenvalue weighted by molar-refractivity contribution is -0.226. The van der Waals surface area contributed by atoms with Crippen LogP contribution in [0.5, 0.6) is 0 Å². The van der Waals surface area contributed by atoms with Crippen LogP contribution in [-0.4, -0.2) is 74.3 Å². The highest BCUT2D eigenvalue weighted by molar-refractivity contribution is 5.70. The average molecular weight is 753 g/mol. The Labute approximate surface area is 325 Å². The van der Waals surface area contributed by atoms with Gasteiger partial charge in [-0.25, -0.2) is 0 Å². The van der Waals surface area contributed by atoms with Crippen LogP contribution >= 0.6 is 0 Å². The minimum absolute atomic E-state index is 0.0543.